The highest BCUT2D eigenvalue weighted by molar-refractivity contribution is 6.05. The second kappa shape index (κ2) is 4.35. The fraction of sp³-hybridized carbons (Fsp3) is 0.333. The first-order valence-electron chi connectivity index (χ1n) is 5.36. The van der Waals surface area contributed by atoms with Crippen LogP contribution in [0.2, 0.25) is 0 Å². The minimum absolute atomic E-state index is 0.0330. The van der Waals surface area contributed by atoms with E-state index >= 15 is 0 Å². The Morgan fingerprint density at radius 2 is 2.12 bits per heavy atom. The average Bonchev–Trinajstić information content (AvgIpc) is 2.30. The van der Waals surface area contributed by atoms with Gasteiger partial charge in [-0.2, -0.15) is 5.10 Å². The van der Waals surface area contributed by atoms with Crippen LogP contribution in [0, 0.1) is 5.92 Å². The van der Waals surface area contributed by atoms with E-state index in [1.54, 1.807) is 12.1 Å². The third-order valence-electron chi connectivity index (χ3n) is 2.78. The van der Waals surface area contributed by atoms with Gasteiger partial charge in [0, 0.05) is 12.3 Å². The summed E-state index contributed by atoms with van der Waals surface area (Å²) in [4.78, 5) is 11.2. The normalized spacial score (nSPS) is 20.2. The first-order valence-corrected chi connectivity index (χ1v) is 5.36. The Morgan fingerprint density at radius 3 is 2.75 bits per heavy atom. The third-order valence-corrected chi connectivity index (χ3v) is 2.78. The number of rotatable bonds is 2. The van der Waals surface area contributed by atoms with Crippen molar-refractivity contribution in [1.82, 2.24) is 5.43 Å². The molecule has 1 aromatic rings. The molecule has 4 heteroatoms. The number of aromatic hydroxyl groups is 1. The molecule has 16 heavy (non-hydrogen) atoms. The number of amides is 1. The lowest BCUT2D eigenvalue weighted by atomic mass is 9.90. The Morgan fingerprint density at radius 1 is 1.44 bits per heavy atom. The van der Waals surface area contributed by atoms with Crippen molar-refractivity contribution in [3.8, 4) is 5.75 Å². The van der Waals surface area contributed by atoms with Gasteiger partial charge in [0.05, 0.1) is 5.71 Å². The van der Waals surface area contributed by atoms with Crippen LogP contribution in [0.1, 0.15) is 25.3 Å². The summed E-state index contributed by atoms with van der Waals surface area (Å²) in [6.45, 7) is 2.04. The number of nitrogens with zero attached hydrogens (tertiary/aromatic N) is 1. The highest BCUT2D eigenvalue weighted by atomic mass is 16.3. The van der Waals surface area contributed by atoms with Crippen molar-refractivity contribution in [3.63, 3.8) is 0 Å². The molecule has 2 rings (SSSR count). The first kappa shape index (κ1) is 10.7. The van der Waals surface area contributed by atoms with Gasteiger partial charge in [0.25, 0.3) is 0 Å². The van der Waals surface area contributed by atoms with Crippen LogP contribution in [-0.4, -0.2) is 16.7 Å². The van der Waals surface area contributed by atoms with Crippen molar-refractivity contribution in [2.45, 2.75) is 19.8 Å². The highest BCUT2D eigenvalue weighted by Gasteiger charge is 2.23. The number of benzene rings is 1. The van der Waals surface area contributed by atoms with Crippen LogP contribution in [0.15, 0.2) is 29.4 Å². The van der Waals surface area contributed by atoms with E-state index in [0.717, 1.165) is 17.7 Å². The average molecular weight is 218 g/mol. The van der Waals surface area contributed by atoms with E-state index in [9.17, 15) is 9.90 Å². The molecule has 1 atom stereocenters. The third kappa shape index (κ3) is 2.05. The summed E-state index contributed by atoms with van der Waals surface area (Å²) < 4.78 is 0. The van der Waals surface area contributed by atoms with E-state index in [4.69, 9.17) is 0 Å². The minimum atomic E-state index is -0.0330. The lowest BCUT2D eigenvalue weighted by Crippen LogP contribution is -2.33. The molecule has 0 fully saturated rings. The van der Waals surface area contributed by atoms with Crippen LogP contribution in [0.3, 0.4) is 0 Å². The van der Waals surface area contributed by atoms with Crippen LogP contribution in [-0.2, 0) is 4.79 Å². The summed E-state index contributed by atoms with van der Waals surface area (Å²) in [6, 6.07) is 6.88. The number of carbonyl (C=O) groups excluding carboxylic acids is 1. The van der Waals surface area contributed by atoms with E-state index in [2.05, 4.69) is 10.5 Å². The van der Waals surface area contributed by atoms with Gasteiger partial charge in [0.15, 0.2) is 0 Å². The minimum Gasteiger partial charge on any atom is -0.508 e. The smallest absolute Gasteiger partial charge is 0.240 e. The van der Waals surface area contributed by atoms with E-state index in [0.29, 0.717) is 6.42 Å². The largest absolute Gasteiger partial charge is 0.508 e. The van der Waals surface area contributed by atoms with Crippen LogP contribution in [0.4, 0.5) is 0 Å². The molecule has 1 aliphatic rings. The summed E-state index contributed by atoms with van der Waals surface area (Å²) in [7, 11) is 0. The molecule has 0 saturated heterocycles. The van der Waals surface area contributed by atoms with E-state index in [1.807, 2.05) is 19.1 Å². The second-order valence-corrected chi connectivity index (χ2v) is 3.89. The summed E-state index contributed by atoms with van der Waals surface area (Å²) in [5.74, 6) is 0.366. The molecule has 1 aliphatic heterocycles. The van der Waals surface area contributed by atoms with Crippen LogP contribution >= 0.6 is 0 Å². The maximum absolute atomic E-state index is 11.2. The van der Waals surface area contributed by atoms with Gasteiger partial charge in [-0.05, 0) is 36.2 Å². The summed E-state index contributed by atoms with van der Waals surface area (Å²) in [6.07, 6.45) is 1.36. The molecule has 0 aliphatic carbocycles. The first-order chi connectivity index (χ1) is 7.70. The molecule has 0 spiro atoms. The lowest BCUT2D eigenvalue weighted by Gasteiger charge is -2.21. The number of hydrazone groups is 1. The fourth-order valence-corrected chi connectivity index (χ4v) is 1.85. The molecule has 1 unspecified atom stereocenters. The number of hydrogen-bond donors (Lipinski definition) is 2. The summed E-state index contributed by atoms with van der Waals surface area (Å²) >= 11 is 0. The van der Waals surface area contributed by atoms with Gasteiger partial charge >= 0.3 is 0 Å². The molecule has 0 radical (unpaired) electrons. The zero-order chi connectivity index (χ0) is 11.5. The van der Waals surface area contributed by atoms with Gasteiger partial charge in [-0.1, -0.05) is 6.92 Å². The Balaban J connectivity index is 2.31. The summed E-state index contributed by atoms with van der Waals surface area (Å²) in [5, 5.41) is 13.3. The molecule has 1 heterocycles. The molecule has 2 N–H and O–H groups in total. The molecular weight excluding hydrogens is 204 g/mol. The van der Waals surface area contributed by atoms with Gasteiger partial charge in [0.1, 0.15) is 5.75 Å². The molecule has 1 aromatic carbocycles. The number of hydrogen-bond acceptors (Lipinski definition) is 3. The maximum Gasteiger partial charge on any atom is 0.240 e. The monoisotopic (exact) mass is 218 g/mol. The van der Waals surface area contributed by atoms with Crippen molar-refractivity contribution >= 4 is 11.6 Å². The van der Waals surface area contributed by atoms with Gasteiger partial charge in [-0.15, -0.1) is 0 Å². The predicted molar refractivity (Wildman–Crippen MR) is 61.2 cm³/mol. The van der Waals surface area contributed by atoms with E-state index in [-0.39, 0.29) is 17.6 Å². The Hall–Kier alpha value is -1.84. The van der Waals surface area contributed by atoms with Crippen molar-refractivity contribution < 1.29 is 9.90 Å². The Labute approximate surface area is 94.0 Å². The lowest BCUT2D eigenvalue weighted by molar-refractivity contribution is -0.122. The van der Waals surface area contributed by atoms with Crippen molar-refractivity contribution in [2.75, 3.05) is 0 Å². The predicted octanol–water partition coefficient (Wildman–Crippen LogP) is 1.64. The number of carbonyl (C=O) groups is 1. The molecule has 4 nitrogen and oxygen atoms in total. The molecular formula is C12H14N2O2. The van der Waals surface area contributed by atoms with Gasteiger partial charge < -0.3 is 5.11 Å². The summed E-state index contributed by atoms with van der Waals surface area (Å²) in [5.41, 5.74) is 4.34. The zero-order valence-electron chi connectivity index (χ0n) is 9.10. The highest BCUT2D eigenvalue weighted by Crippen LogP contribution is 2.21. The topological polar surface area (TPSA) is 61.7 Å². The van der Waals surface area contributed by atoms with Crippen LogP contribution in [0.25, 0.3) is 0 Å². The van der Waals surface area contributed by atoms with Gasteiger partial charge in [-0.25, -0.2) is 5.43 Å². The standard InChI is InChI=1S/C12H14N2O2/c1-2-8-7-11(16)13-14-12(8)9-3-5-10(15)6-4-9/h3-6,8,15H,2,7H2,1H3,(H,13,16). The van der Waals surface area contributed by atoms with Crippen molar-refractivity contribution in [1.29, 1.82) is 0 Å². The van der Waals surface area contributed by atoms with Gasteiger partial charge in [-0.3, -0.25) is 4.79 Å². The molecule has 0 aromatic heterocycles. The fourth-order valence-electron chi connectivity index (χ4n) is 1.85. The SMILES string of the molecule is CCC1CC(=O)NN=C1c1ccc(O)cc1. The molecule has 1 amide bonds. The maximum atomic E-state index is 11.2. The molecule has 0 saturated carbocycles. The van der Waals surface area contributed by atoms with Crippen LogP contribution < -0.4 is 5.43 Å². The van der Waals surface area contributed by atoms with Gasteiger partial charge in [0.2, 0.25) is 5.91 Å². The number of phenols is 1. The Bertz CT molecular complexity index is 423. The second-order valence-electron chi connectivity index (χ2n) is 3.89. The number of phenolic OH excluding ortho intramolecular Hbond substituents is 1. The number of nitrogens with one attached hydrogen (secondary N) is 1. The van der Waals surface area contributed by atoms with Crippen molar-refractivity contribution in [3.05, 3.63) is 29.8 Å². The Kier molecular flexibility index (Phi) is 2.90. The van der Waals surface area contributed by atoms with E-state index < -0.39 is 0 Å². The van der Waals surface area contributed by atoms with E-state index in [1.165, 1.54) is 0 Å². The van der Waals surface area contributed by atoms with Crippen molar-refractivity contribution in [2.24, 2.45) is 11.0 Å². The molecule has 0 bridgehead atoms. The molecule has 84 valence electrons. The van der Waals surface area contributed by atoms with Crippen LogP contribution in [0.5, 0.6) is 5.75 Å². The zero-order valence-corrected chi connectivity index (χ0v) is 9.10. The quantitative estimate of drug-likeness (QED) is 0.792.